The van der Waals surface area contributed by atoms with Crippen molar-refractivity contribution >= 4 is 5.69 Å². The van der Waals surface area contributed by atoms with E-state index in [1.807, 2.05) is 0 Å². The number of para-hydroxylation sites is 1. The minimum atomic E-state index is 0.244. The molecule has 1 nitrogen and oxygen atoms in total. The van der Waals surface area contributed by atoms with E-state index in [9.17, 15) is 0 Å². The smallest absolute Gasteiger partial charge is 0.0407 e. The highest BCUT2D eigenvalue weighted by molar-refractivity contribution is 5.63. The molecule has 12 heavy (non-hydrogen) atoms. The highest BCUT2D eigenvalue weighted by Crippen LogP contribution is 2.33. The number of hydrogen-bond donors (Lipinski definition) is 1. The summed E-state index contributed by atoms with van der Waals surface area (Å²) in [5.74, 6) is 0. The molecule has 1 heterocycles. The lowest BCUT2D eigenvalue weighted by atomic mass is 10.00. The predicted octanol–water partition coefficient (Wildman–Crippen LogP) is 2.74. The molecule has 0 aromatic heterocycles. The first kappa shape index (κ1) is 7.66. The minimum Gasteiger partial charge on any atom is -0.379 e. The highest BCUT2D eigenvalue weighted by atomic mass is 15.0. The number of nitrogens with one attached hydrogen (secondary N) is 1. The van der Waals surface area contributed by atoms with Gasteiger partial charge in [-0.3, -0.25) is 0 Å². The lowest BCUT2D eigenvalue weighted by Gasteiger charge is -2.18. The molecule has 1 aliphatic heterocycles. The van der Waals surface area contributed by atoms with Gasteiger partial charge < -0.3 is 5.32 Å². The number of hydrogen-bond acceptors (Lipinski definition) is 1. The normalized spacial score (nSPS) is 18.6. The maximum Gasteiger partial charge on any atom is 0.0407 e. The maximum atomic E-state index is 3.54. The van der Waals surface area contributed by atoms with E-state index in [4.69, 9.17) is 0 Å². The lowest BCUT2D eigenvalue weighted by molar-refractivity contribution is 0.594. The van der Waals surface area contributed by atoms with Crippen LogP contribution in [-0.4, -0.2) is 5.54 Å². The molecule has 0 saturated heterocycles. The Bertz CT molecular complexity index is 313. The average molecular weight is 161 g/mol. The van der Waals surface area contributed by atoms with Crippen molar-refractivity contribution in [1.82, 2.24) is 0 Å². The van der Waals surface area contributed by atoms with Crippen molar-refractivity contribution in [2.45, 2.75) is 32.7 Å². The Balaban J connectivity index is 2.48. The van der Waals surface area contributed by atoms with E-state index in [2.05, 4.69) is 44.3 Å². The van der Waals surface area contributed by atoms with Crippen LogP contribution in [0.25, 0.3) is 0 Å². The Labute approximate surface area is 73.8 Å². The Kier molecular flexibility index (Phi) is 1.44. The van der Waals surface area contributed by atoms with E-state index in [0.717, 1.165) is 6.42 Å². The molecule has 0 aliphatic carbocycles. The van der Waals surface area contributed by atoms with Crippen LogP contribution in [0.2, 0.25) is 0 Å². The van der Waals surface area contributed by atoms with Crippen molar-refractivity contribution in [1.29, 1.82) is 0 Å². The summed E-state index contributed by atoms with van der Waals surface area (Å²) in [5, 5.41) is 3.54. The molecule has 0 amide bonds. The molecule has 2 rings (SSSR count). The third-order valence-electron chi connectivity index (χ3n) is 2.45. The molecule has 1 aromatic carbocycles. The second kappa shape index (κ2) is 2.25. The minimum absolute atomic E-state index is 0.244. The Morgan fingerprint density at radius 1 is 1.33 bits per heavy atom. The van der Waals surface area contributed by atoms with Gasteiger partial charge in [-0.2, -0.15) is 0 Å². The van der Waals surface area contributed by atoms with Gasteiger partial charge >= 0.3 is 0 Å². The highest BCUT2D eigenvalue weighted by Gasteiger charge is 2.27. The molecule has 0 radical (unpaired) electrons. The van der Waals surface area contributed by atoms with Crippen LogP contribution in [-0.2, 0) is 6.42 Å². The first-order chi connectivity index (χ1) is 5.58. The summed E-state index contributed by atoms with van der Waals surface area (Å²) in [5.41, 5.74) is 4.41. The summed E-state index contributed by atoms with van der Waals surface area (Å²) < 4.78 is 0. The first-order valence-corrected chi connectivity index (χ1v) is 4.45. The van der Waals surface area contributed by atoms with Crippen LogP contribution in [0.15, 0.2) is 18.2 Å². The summed E-state index contributed by atoms with van der Waals surface area (Å²) >= 11 is 0. The molecule has 64 valence electrons. The number of anilines is 1. The number of benzene rings is 1. The maximum absolute atomic E-state index is 3.54. The van der Waals surface area contributed by atoms with Gasteiger partial charge in [-0.1, -0.05) is 18.2 Å². The molecular weight excluding hydrogens is 146 g/mol. The molecule has 0 bridgehead atoms. The van der Waals surface area contributed by atoms with Gasteiger partial charge in [0.1, 0.15) is 0 Å². The molecular formula is C11H15N. The second-order valence-electron chi connectivity index (χ2n) is 4.29. The fraction of sp³-hybridized carbons (Fsp3) is 0.455. The summed E-state index contributed by atoms with van der Waals surface area (Å²) in [6, 6.07) is 6.51. The topological polar surface area (TPSA) is 12.0 Å². The van der Waals surface area contributed by atoms with Crippen molar-refractivity contribution in [2.24, 2.45) is 0 Å². The van der Waals surface area contributed by atoms with Gasteiger partial charge in [-0.15, -0.1) is 0 Å². The van der Waals surface area contributed by atoms with Crippen LogP contribution in [0.4, 0.5) is 5.69 Å². The summed E-state index contributed by atoms with van der Waals surface area (Å²) in [6.45, 7) is 6.64. The monoisotopic (exact) mass is 161 g/mol. The quantitative estimate of drug-likeness (QED) is 0.617. The molecule has 0 atom stereocenters. The summed E-state index contributed by atoms with van der Waals surface area (Å²) in [6.07, 6.45) is 1.14. The summed E-state index contributed by atoms with van der Waals surface area (Å²) in [4.78, 5) is 0. The standard InChI is InChI=1S/C11H15N/c1-8-5-4-6-9-7-11(2,3)12-10(8)9/h4-6,12H,7H2,1-3H3. The molecule has 0 saturated carbocycles. The Morgan fingerprint density at radius 2 is 2.08 bits per heavy atom. The van der Waals surface area contributed by atoms with Crippen LogP contribution in [0.5, 0.6) is 0 Å². The zero-order chi connectivity index (χ0) is 8.77. The number of aryl methyl sites for hydroxylation is 1. The first-order valence-electron chi connectivity index (χ1n) is 4.45. The van der Waals surface area contributed by atoms with Crippen molar-refractivity contribution in [3.63, 3.8) is 0 Å². The van der Waals surface area contributed by atoms with E-state index >= 15 is 0 Å². The van der Waals surface area contributed by atoms with Crippen LogP contribution >= 0.6 is 0 Å². The van der Waals surface area contributed by atoms with E-state index in [1.165, 1.54) is 16.8 Å². The van der Waals surface area contributed by atoms with Gasteiger partial charge in [0, 0.05) is 11.2 Å². The zero-order valence-corrected chi connectivity index (χ0v) is 7.94. The van der Waals surface area contributed by atoms with Crippen molar-refractivity contribution in [3.05, 3.63) is 29.3 Å². The molecule has 0 fully saturated rings. The van der Waals surface area contributed by atoms with E-state index in [-0.39, 0.29) is 5.54 Å². The van der Waals surface area contributed by atoms with Crippen LogP contribution in [0.1, 0.15) is 25.0 Å². The Morgan fingerprint density at radius 3 is 2.75 bits per heavy atom. The van der Waals surface area contributed by atoms with Crippen LogP contribution in [0.3, 0.4) is 0 Å². The summed E-state index contributed by atoms with van der Waals surface area (Å²) in [7, 11) is 0. The van der Waals surface area contributed by atoms with Gasteiger partial charge in [-0.25, -0.2) is 0 Å². The van der Waals surface area contributed by atoms with E-state index in [0.29, 0.717) is 0 Å². The predicted molar refractivity (Wildman–Crippen MR) is 52.6 cm³/mol. The Hall–Kier alpha value is -0.980. The van der Waals surface area contributed by atoms with Crippen LogP contribution in [0, 0.1) is 6.92 Å². The zero-order valence-electron chi connectivity index (χ0n) is 7.94. The van der Waals surface area contributed by atoms with E-state index in [1.54, 1.807) is 0 Å². The molecule has 1 aliphatic rings. The third-order valence-corrected chi connectivity index (χ3v) is 2.45. The number of rotatable bonds is 0. The van der Waals surface area contributed by atoms with Gasteiger partial charge in [0.25, 0.3) is 0 Å². The van der Waals surface area contributed by atoms with Crippen molar-refractivity contribution in [3.8, 4) is 0 Å². The molecule has 1 aromatic rings. The van der Waals surface area contributed by atoms with Gasteiger partial charge in [0.15, 0.2) is 0 Å². The van der Waals surface area contributed by atoms with Gasteiger partial charge in [0.2, 0.25) is 0 Å². The van der Waals surface area contributed by atoms with E-state index < -0.39 is 0 Å². The third kappa shape index (κ3) is 1.09. The molecule has 1 heteroatoms. The van der Waals surface area contributed by atoms with Gasteiger partial charge in [0.05, 0.1) is 0 Å². The fourth-order valence-electron chi connectivity index (χ4n) is 1.91. The van der Waals surface area contributed by atoms with Crippen LogP contribution < -0.4 is 5.32 Å². The largest absolute Gasteiger partial charge is 0.379 e. The number of fused-ring (bicyclic) bond motifs is 1. The molecule has 0 spiro atoms. The van der Waals surface area contributed by atoms with Gasteiger partial charge in [-0.05, 0) is 38.3 Å². The molecule has 1 N–H and O–H groups in total. The fourth-order valence-corrected chi connectivity index (χ4v) is 1.91. The molecule has 0 unspecified atom stereocenters. The SMILES string of the molecule is Cc1cccc2c1NC(C)(C)C2. The average Bonchev–Trinajstić information content (AvgIpc) is 2.25. The lowest BCUT2D eigenvalue weighted by Crippen LogP contribution is -2.27. The van der Waals surface area contributed by atoms with Crippen molar-refractivity contribution in [2.75, 3.05) is 5.32 Å². The second-order valence-corrected chi connectivity index (χ2v) is 4.29. The van der Waals surface area contributed by atoms with Crippen molar-refractivity contribution < 1.29 is 0 Å².